The van der Waals surface area contributed by atoms with Crippen LogP contribution in [0.2, 0.25) is 5.02 Å². The van der Waals surface area contributed by atoms with Crippen molar-refractivity contribution in [1.82, 2.24) is 4.90 Å². The summed E-state index contributed by atoms with van der Waals surface area (Å²) in [6, 6.07) is 12.1. The van der Waals surface area contributed by atoms with Gasteiger partial charge in [-0.3, -0.25) is 0 Å². The van der Waals surface area contributed by atoms with Crippen LogP contribution in [0.15, 0.2) is 46.2 Å². The molecule has 106 valence electrons. The zero-order valence-corrected chi connectivity index (χ0v) is 15.1. The molecule has 0 spiro atoms. The molecule has 0 atom stereocenters. The first-order valence-corrected chi connectivity index (χ1v) is 8.39. The lowest BCUT2D eigenvalue weighted by molar-refractivity contribution is 0.399. The third kappa shape index (κ3) is 4.28. The second-order valence-electron chi connectivity index (χ2n) is 4.77. The van der Waals surface area contributed by atoms with Gasteiger partial charge in [0, 0.05) is 30.6 Å². The van der Waals surface area contributed by atoms with Crippen LogP contribution in [0.4, 0.5) is 5.69 Å². The Morgan fingerprint density at radius 2 is 1.85 bits per heavy atom. The van der Waals surface area contributed by atoms with Crippen molar-refractivity contribution >= 4 is 51.6 Å². The average Bonchev–Trinajstić information content (AvgIpc) is 2.34. The molecular formula is C15H16ClIN2S. The molecule has 0 aliphatic rings. The molecule has 20 heavy (non-hydrogen) atoms. The summed E-state index contributed by atoms with van der Waals surface area (Å²) in [5.74, 6) is 0. The molecule has 2 N–H and O–H groups in total. The van der Waals surface area contributed by atoms with Crippen molar-refractivity contribution in [3.63, 3.8) is 0 Å². The lowest BCUT2D eigenvalue weighted by Gasteiger charge is -2.15. The molecule has 0 aromatic heterocycles. The van der Waals surface area contributed by atoms with Gasteiger partial charge in [0.25, 0.3) is 0 Å². The molecule has 0 unspecified atom stereocenters. The number of nitrogens with two attached hydrogens (primary N) is 1. The summed E-state index contributed by atoms with van der Waals surface area (Å²) in [5, 5.41) is 0.669. The number of halogens is 2. The third-order valence-electron chi connectivity index (χ3n) is 2.70. The Labute approximate surface area is 142 Å². The van der Waals surface area contributed by atoms with E-state index in [1.807, 2.05) is 12.1 Å². The highest BCUT2D eigenvalue weighted by atomic mass is 125. The van der Waals surface area contributed by atoms with Gasteiger partial charge in [-0.05, 0) is 78.6 Å². The number of nitrogen functional groups attached to an aromatic ring is 1. The van der Waals surface area contributed by atoms with Gasteiger partial charge in [-0.15, -0.1) is 0 Å². The van der Waals surface area contributed by atoms with Crippen LogP contribution in [0.3, 0.4) is 0 Å². The summed E-state index contributed by atoms with van der Waals surface area (Å²) in [4.78, 5) is 4.43. The lowest BCUT2D eigenvalue weighted by atomic mass is 10.2. The fraction of sp³-hybridized carbons (Fsp3) is 0.200. The van der Waals surface area contributed by atoms with Crippen molar-refractivity contribution in [2.75, 3.05) is 19.8 Å². The second kappa shape index (κ2) is 7.02. The average molecular weight is 417 g/mol. The van der Waals surface area contributed by atoms with E-state index in [-0.39, 0.29) is 0 Å². The fourth-order valence-corrected chi connectivity index (χ4v) is 3.52. The van der Waals surface area contributed by atoms with E-state index in [2.05, 4.69) is 59.8 Å². The largest absolute Gasteiger partial charge is 0.398 e. The Morgan fingerprint density at radius 1 is 1.15 bits per heavy atom. The van der Waals surface area contributed by atoms with Crippen LogP contribution >= 0.6 is 46.0 Å². The van der Waals surface area contributed by atoms with Gasteiger partial charge < -0.3 is 10.6 Å². The Morgan fingerprint density at radius 3 is 2.50 bits per heavy atom. The lowest BCUT2D eigenvalue weighted by Crippen LogP contribution is -2.11. The maximum atomic E-state index is 6.03. The van der Waals surface area contributed by atoms with Crippen LogP contribution in [-0.2, 0) is 6.54 Å². The molecule has 0 saturated heterocycles. The first kappa shape index (κ1) is 15.9. The molecule has 0 fully saturated rings. The van der Waals surface area contributed by atoms with Crippen LogP contribution in [0.5, 0.6) is 0 Å². The van der Waals surface area contributed by atoms with Gasteiger partial charge >= 0.3 is 0 Å². The van der Waals surface area contributed by atoms with Crippen molar-refractivity contribution in [2.24, 2.45) is 0 Å². The summed E-state index contributed by atoms with van der Waals surface area (Å²) >= 11 is 9.97. The van der Waals surface area contributed by atoms with Crippen LogP contribution in [-0.4, -0.2) is 19.0 Å². The van der Waals surface area contributed by atoms with E-state index in [1.54, 1.807) is 17.8 Å². The minimum atomic E-state index is 0.669. The predicted octanol–water partition coefficient (Wildman–Crippen LogP) is 4.74. The van der Waals surface area contributed by atoms with Gasteiger partial charge in [0.2, 0.25) is 0 Å². The highest BCUT2D eigenvalue weighted by molar-refractivity contribution is 14.1. The smallest absolute Gasteiger partial charge is 0.0470 e. The summed E-state index contributed by atoms with van der Waals surface area (Å²) in [6.07, 6.45) is 0. The van der Waals surface area contributed by atoms with Crippen molar-refractivity contribution in [2.45, 2.75) is 16.3 Å². The number of hydrogen-bond acceptors (Lipinski definition) is 3. The highest BCUT2D eigenvalue weighted by Gasteiger charge is 2.09. The first-order chi connectivity index (χ1) is 9.45. The van der Waals surface area contributed by atoms with E-state index in [0.717, 1.165) is 17.1 Å². The van der Waals surface area contributed by atoms with Crippen LogP contribution in [0.1, 0.15) is 5.56 Å². The molecule has 0 heterocycles. The van der Waals surface area contributed by atoms with Crippen molar-refractivity contribution in [3.8, 4) is 0 Å². The molecule has 5 heteroatoms. The Hall–Kier alpha value is -0.430. The summed E-state index contributed by atoms with van der Waals surface area (Å²) in [5.41, 5.74) is 8.06. The van der Waals surface area contributed by atoms with Crippen molar-refractivity contribution < 1.29 is 0 Å². The molecule has 0 amide bonds. The molecule has 0 aliphatic heterocycles. The predicted molar refractivity (Wildman–Crippen MR) is 96.5 cm³/mol. The highest BCUT2D eigenvalue weighted by Crippen LogP contribution is 2.36. The molecule has 2 aromatic rings. The zero-order chi connectivity index (χ0) is 14.7. The van der Waals surface area contributed by atoms with Crippen LogP contribution < -0.4 is 5.73 Å². The SMILES string of the molecule is CN(C)Cc1cc([125I])ccc1Sc1ccc(Cl)cc1N. The van der Waals surface area contributed by atoms with E-state index < -0.39 is 0 Å². The Kier molecular flexibility index (Phi) is 5.60. The van der Waals surface area contributed by atoms with Gasteiger partial charge in [0.15, 0.2) is 0 Å². The van der Waals surface area contributed by atoms with Crippen molar-refractivity contribution in [1.29, 1.82) is 0 Å². The second-order valence-corrected chi connectivity index (χ2v) is 7.54. The maximum Gasteiger partial charge on any atom is 0.0470 e. The van der Waals surface area contributed by atoms with Crippen LogP contribution in [0.25, 0.3) is 0 Å². The van der Waals surface area contributed by atoms with Gasteiger partial charge in [-0.25, -0.2) is 0 Å². The first-order valence-electron chi connectivity index (χ1n) is 6.12. The van der Waals surface area contributed by atoms with Gasteiger partial charge in [0.05, 0.1) is 0 Å². The van der Waals surface area contributed by atoms with Crippen molar-refractivity contribution in [3.05, 3.63) is 50.6 Å². The molecule has 0 aliphatic carbocycles. The number of benzene rings is 2. The molecule has 2 aromatic carbocycles. The third-order valence-corrected chi connectivity index (χ3v) is 4.82. The topological polar surface area (TPSA) is 29.3 Å². The Balaban J connectivity index is 2.32. The number of nitrogens with zero attached hydrogens (tertiary/aromatic N) is 1. The van der Waals surface area contributed by atoms with E-state index in [0.29, 0.717) is 5.02 Å². The fourth-order valence-electron chi connectivity index (χ4n) is 1.84. The molecule has 2 rings (SSSR count). The van der Waals surface area contributed by atoms with E-state index in [9.17, 15) is 0 Å². The summed E-state index contributed by atoms with van der Waals surface area (Å²) < 4.78 is 1.24. The van der Waals surface area contributed by atoms with E-state index in [1.165, 1.54) is 14.0 Å². The molecule has 0 saturated carbocycles. The van der Waals surface area contributed by atoms with Crippen LogP contribution in [0, 0.1) is 3.57 Å². The summed E-state index contributed by atoms with van der Waals surface area (Å²) in [7, 11) is 4.15. The minimum Gasteiger partial charge on any atom is -0.398 e. The monoisotopic (exact) mass is 416 g/mol. The number of hydrogen-bond donors (Lipinski definition) is 1. The molecule has 0 radical (unpaired) electrons. The number of rotatable bonds is 4. The van der Waals surface area contributed by atoms with E-state index in [4.69, 9.17) is 17.3 Å². The molecule has 2 nitrogen and oxygen atoms in total. The molecule has 0 bridgehead atoms. The van der Waals surface area contributed by atoms with E-state index >= 15 is 0 Å². The molecular weight excluding hydrogens is 401 g/mol. The number of anilines is 1. The summed E-state index contributed by atoms with van der Waals surface area (Å²) in [6.45, 7) is 0.909. The Bertz CT molecular complexity index is 617. The standard InChI is InChI=1S/C15H16ClIN2S/c1-19(2)9-10-7-12(17)4-6-14(10)20-15-5-3-11(16)8-13(15)18/h3-8H,9,18H2,1-2H3/i17-2. The quantitative estimate of drug-likeness (QED) is 0.576. The zero-order valence-electron chi connectivity index (χ0n) is 11.4. The normalized spacial score (nSPS) is 11.1. The van der Waals surface area contributed by atoms with Gasteiger partial charge in [-0.2, -0.15) is 0 Å². The van der Waals surface area contributed by atoms with Gasteiger partial charge in [-0.1, -0.05) is 23.4 Å². The van der Waals surface area contributed by atoms with Gasteiger partial charge in [0.1, 0.15) is 0 Å². The maximum absolute atomic E-state index is 6.03. The minimum absolute atomic E-state index is 0.669.